The van der Waals surface area contributed by atoms with Gasteiger partial charge in [0.25, 0.3) is 0 Å². The zero-order valence-electron chi connectivity index (χ0n) is 21.1. The van der Waals surface area contributed by atoms with Crippen molar-refractivity contribution < 1.29 is 13.7 Å². The summed E-state index contributed by atoms with van der Waals surface area (Å²) >= 11 is 0. The number of rotatable bonds is 19. The highest BCUT2D eigenvalue weighted by molar-refractivity contribution is 4.63. The molecule has 1 unspecified atom stereocenters. The van der Waals surface area contributed by atoms with Crippen LogP contribution < -0.4 is 0 Å². The summed E-state index contributed by atoms with van der Waals surface area (Å²) < 4.78 is 8.56. The molecule has 170 valence electrons. The fourth-order valence-corrected chi connectivity index (χ4v) is 4.04. The van der Waals surface area contributed by atoms with Gasteiger partial charge in [-0.05, 0) is 12.8 Å². The summed E-state index contributed by atoms with van der Waals surface area (Å²) in [5.74, 6) is 0. The van der Waals surface area contributed by atoms with Crippen LogP contribution in [-0.4, -0.2) is 76.5 Å². The Balaban J connectivity index is 3.98. The lowest BCUT2D eigenvalue weighted by molar-refractivity contribution is -0.896. The summed E-state index contributed by atoms with van der Waals surface area (Å²) in [5, 5.41) is 0. The van der Waals surface area contributed by atoms with Crippen molar-refractivity contribution in [1.82, 2.24) is 0 Å². The predicted octanol–water partition coefficient (Wildman–Crippen LogP) is 6.26. The van der Waals surface area contributed by atoms with Crippen LogP contribution in [0.5, 0.6) is 0 Å². The highest BCUT2D eigenvalue weighted by Gasteiger charge is 2.27. The van der Waals surface area contributed by atoms with Gasteiger partial charge in [-0.2, -0.15) is 0 Å². The van der Waals surface area contributed by atoms with Crippen molar-refractivity contribution in [2.75, 3.05) is 55.4 Å². The van der Waals surface area contributed by atoms with E-state index < -0.39 is 0 Å². The van der Waals surface area contributed by atoms with Gasteiger partial charge in [0, 0.05) is 0 Å². The third kappa shape index (κ3) is 19.2. The molecule has 0 radical (unpaired) electrons. The van der Waals surface area contributed by atoms with E-state index in [0.717, 1.165) is 28.5 Å². The molecule has 1 atom stereocenters. The topological polar surface area (TPSA) is 9.23 Å². The summed E-state index contributed by atoms with van der Waals surface area (Å²) in [7, 11) is 13.6. The van der Waals surface area contributed by atoms with Crippen LogP contribution in [0.25, 0.3) is 0 Å². The van der Waals surface area contributed by atoms with Gasteiger partial charge in [-0.25, -0.2) is 0 Å². The van der Waals surface area contributed by atoms with Crippen molar-refractivity contribution in [3.05, 3.63) is 0 Å². The molecule has 3 heteroatoms. The number of nitrogens with zero attached hydrogens (tertiary/aromatic N) is 2. The van der Waals surface area contributed by atoms with Crippen LogP contribution in [0.1, 0.15) is 97.3 Å². The summed E-state index contributed by atoms with van der Waals surface area (Å²) in [6.07, 6.45) is 18.7. The Kier molecular flexibility index (Phi) is 15.6. The predicted molar refractivity (Wildman–Crippen MR) is 126 cm³/mol. The van der Waals surface area contributed by atoms with E-state index in [4.69, 9.17) is 4.74 Å². The minimum atomic E-state index is 0.345. The number of unbranched alkanes of at least 4 members (excludes halogenated alkanes) is 10. The van der Waals surface area contributed by atoms with Gasteiger partial charge in [-0.15, -0.1) is 0 Å². The smallest absolute Gasteiger partial charge is 0.155 e. The SMILES string of the molecule is CCCCCCCCCCCCCC(CC)OC(C[N+](C)(C)C)C[N+](C)(C)C. The first-order chi connectivity index (χ1) is 13.1. The summed E-state index contributed by atoms with van der Waals surface area (Å²) in [4.78, 5) is 0. The average Bonchev–Trinajstić information content (AvgIpc) is 2.55. The van der Waals surface area contributed by atoms with Crippen molar-refractivity contribution in [1.29, 1.82) is 0 Å². The molecule has 0 aromatic carbocycles. The normalized spacial score (nSPS) is 14.0. The maximum Gasteiger partial charge on any atom is 0.155 e. The van der Waals surface area contributed by atoms with Crippen LogP contribution in [0.4, 0.5) is 0 Å². The Bertz CT molecular complexity index is 327. The first-order valence-electron chi connectivity index (χ1n) is 12.3. The molecule has 0 aliphatic rings. The molecule has 0 N–H and O–H groups in total. The molecular weight excluding hydrogens is 344 g/mol. The number of ether oxygens (including phenoxy) is 1. The van der Waals surface area contributed by atoms with E-state index in [1.165, 1.54) is 77.0 Å². The van der Waals surface area contributed by atoms with Crippen LogP contribution in [0.2, 0.25) is 0 Å². The van der Waals surface area contributed by atoms with Gasteiger partial charge in [0.05, 0.1) is 48.4 Å². The molecule has 0 aromatic rings. The van der Waals surface area contributed by atoms with Crippen LogP contribution in [0, 0.1) is 0 Å². The molecule has 0 rings (SSSR count). The number of hydrogen-bond donors (Lipinski definition) is 0. The molecule has 0 aliphatic heterocycles. The quantitative estimate of drug-likeness (QED) is 0.183. The standard InChI is InChI=1S/C25H56N2O/c1-9-11-12-13-14-15-16-17-18-19-20-21-24(10-2)28-25(22-26(3,4)5)23-27(6,7)8/h24-25H,9-23H2,1-8H3/q+2. The molecule has 0 saturated heterocycles. The molecule has 0 amide bonds. The van der Waals surface area contributed by atoms with Crippen molar-refractivity contribution in [3.63, 3.8) is 0 Å². The zero-order chi connectivity index (χ0) is 21.5. The van der Waals surface area contributed by atoms with E-state index in [0.29, 0.717) is 12.2 Å². The second-order valence-electron chi connectivity index (χ2n) is 11.1. The van der Waals surface area contributed by atoms with Crippen molar-refractivity contribution in [3.8, 4) is 0 Å². The van der Waals surface area contributed by atoms with E-state index >= 15 is 0 Å². The number of likely N-dealkylation sites (N-methyl/N-ethyl adjacent to an activating group) is 2. The fraction of sp³-hybridized carbons (Fsp3) is 1.00. The summed E-state index contributed by atoms with van der Waals surface area (Å²) in [5.41, 5.74) is 0. The van der Waals surface area contributed by atoms with E-state index in [2.05, 4.69) is 56.1 Å². The Morgan fingerprint density at radius 1 is 0.536 bits per heavy atom. The van der Waals surface area contributed by atoms with Crippen LogP contribution in [0.3, 0.4) is 0 Å². The van der Waals surface area contributed by atoms with E-state index in [1.807, 2.05) is 0 Å². The third-order valence-corrected chi connectivity index (χ3v) is 5.47. The molecule has 28 heavy (non-hydrogen) atoms. The summed E-state index contributed by atoms with van der Waals surface area (Å²) in [6.45, 7) is 6.76. The van der Waals surface area contributed by atoms with Gasteiger partial charge < -0.3 is 13.7 Å². The van der Waals surface area contributed by atoms with Gasteiger partial charge >= 0.3 is 0 Å². The first-order valence-corrected chi connectivity index (χ1v) is 12.3. The van der Waals surface area contributed by atoms with Crippen molar-refractivity contribution in [2.45, 2.75) is 110 Å². The lowest BCUT2D eigenvalue weighted by Crippen LogP contribution is -2.51. The molecule has 3 nitrogen and oxygen atoms in total. The monoisotopic (exact) mass is 400 g/mol. The number of quaternary nitrogens is 2. The Morgan fingerprint density at radius 3 is 1.29 bits per heavy atom. The van der Waals surface area contributed by atoms with Crippen molar-refractivity contribution >= 4 is 0 Å². The van der Waals surface area contributed by atoms with Crippen molar-refractivity contribution in [2.24, 2.45) is 0 Å². The molecule has 0 aliphatic carbocycles. The number of hydrogen-bond acceptors (Lipinski definition) is 1. The van der Waals surface area contributed by atoms with Crippen LogP contribution in [0.15, 0.2) is 0 Å². The van der Waals surface area contributed by atoms with Gasteiger partial charge in [0.2, 0.25) is 0 Å². The molecule has 0 saturated carbocycles. The lowest BCUT2D eigenvalue weighted by atomic mass is 10.0. The fourth-order valence-electron chi connectivity index (χ4n) is 4.04. The third-order valence-electron chi connectivity index (χ3n) is 5.47. The molecule has 0 aromatic heterocycles. The van der Waals surface area contributed by atoms with Crippen LogP contribution in [-0.2, 0) is 4.74 Å². The van der Waals surface area contributed by atoms with Crippen LogP contribution >= 0.6 is 0 Å². The second kappa shape index (κ2) is 15.7. The molecule has 0 spiro atoms. The highest BCUT2D eigenvalue weighted by Crippen LogP contribution is 2.17. The van der Waals surface area contributed by atoms with Gasteiger partial charge in [0.1, 0.15) is 13.1 Å². The highest BCUT2D eigenvalue weighted by atomic mass is 16.5. The van der Waals surface area contributed by atoms with E-state index in [9.17, 15) is 0 Å². The van der Waals surface area contributed by atoms with E-state index in [-0.39, 0.29) is 0 Å². The minimum Gasteiger partial charge on any atom is -0.363 e. The lowest BCUT2D eigenvalue weighted by Gasteiger charge is -2.35. The minimum absolute atomic E-state index is 0.345. The Morgan fingerprint density at radius 2 is 0.929 bits per heavy atom. The summed E-state index contributed by atoms with van der Waals surface area (Å²) in [6, 6.07) is 0. The van der Waals surface area contributed by atoms with Gasteiger partial charge in [0.15, 0.2) is 6.10 Å². The first kappa shape index (κ1) is 27.9. The maximum atomic E-state index is 6.61. The Labute approximate surface area is 179 Å². The largest absolute Gasteiger partial charge is 0.363 e. The molecular formula is C25H56N2O+2. The van der Waals surface area contributed by atoms with E-state index in [1.54, 1.807) is 0 Å². The zero-order valence-corrected chi connectivity index (χ0v) is 21.1. The second-order valence-corrected chi connectivity index (χ2v) is 11.1. The van der Waals surface area contributed by atoms with Gasteiger partial charge in [-0.1, -0.05) is 84.5 Å². The molecule has 0 fully saturated rings. The average molecular weight is 401 g/mol. The molecule has 0 heterocycles. The molecule has 0 bridgehead atoms. The Hall–Kier alpha value is -0.120. The maximum absolute atomic E-state index is 6.61. The van der Waals surface area contributed by atoms with Gasteiger partial charge in [-0.3, -0.25) is 0 Å².